The number of ether oxygens (including phenoxy) is 1. The summed E-state index contributed by atoms with van der Waals surface area (Å²) in [4.78, 5) is 14.7. The molecule has 0 unspecified atom stereocenters. The molecule has 62 valence electrons. The van der Waals surface area contributed by atoms with E-state index in [1.54, 1.807) is 0 Å². The summed E-state index contributed by atoms with van der Waals surface area (Å²) in [6.07, 6.45) is 0. The lowest BCUT2D eigenvalue weighted by atomic mass is 10.5. The summed E-state index contributed by atoms with van der Waals surface area (Å²) in [6, 6.07) is 0. The third-order valence-electron chi connectivity index (χ3n) is 1.10. The largest absolute Gasteiger partial charge is 0.372 e. The Bertz CT molecular complexity index is 171. The van der Waals surface area contributed by atoms with Crippen molar-refractivity contribution in [2.45, 2.75) is 6.92 Å². The molecule has 0 aromatic rings. The van der Waals surface area contributed by atoms with Crippen molar-refractivity contribution in [1.29, 1.82) is 0 Å². The van der Waals surface area contributed by atoms with Gasteiger partial charge < -0.3 is 14.9 Å². The van der Waals surface area contributed by atoms with Crippen molar-refractivity contribution in [3.05, 3.63) is 0 Å². The second-order valence-electron chi connectivity index (χ2n) is 2.10. The summed E-state index contributed by atoms with van der Waals surface area (Å²) in [7, 11) is 0. The molecule has 1 aliphatic rings. The van der Waals surface area contributed by atoms with E-state index in [9.17, 15) is 4.79 Å². The Morgan fingerprint density at radius 2 is 2.64 bits per heavy atom. The van der Waals surface area contributed by atoms with Crippen LogP contribution in [0.25, 0.3) is 0 Å². The SMILES string of the molecule is CC(=O)ON=C1COCCN1. The van der Waals surface area contributed by atoms with Gasteiger partial charge in [-0.1, -0.05) is 5.16 Å². The lowest BCUT2D eigenvalue weighted by molar-refractivity contribution is -0.141. The Kier molecular flexibility index (Phi) is 2.85. The summed E-state index contributed by atoms with van der Waals surface area (Å²) in [5.74, 6) is 0.135. The Hall–Kier alpha value is -1.10. The first-order valence-corrected chi connectivity index (χ1v) is 3.35. The molecule has 1 rings (SSSR count). The van der Waals surface area contributed by atoms with E-state index in [-0.39, 0.29) is 0 Å². The minimum atomic E-state index is -0.426. The maximum Gasteiger partial charge on any atom is 0.332 e. The fraction of sp³-hybridized carbons (Fsp3) is 0.667. The number of morpholine rings is 1. The Morgan fingerprint density at radius 1 is 1.82 bits per heavy atom. The van der Waals surface area contributed by atoms with Gasteiger partial charge in [0.2, 0.25) is 0 Å². The zero-order valence-electron chi connectivity index (χ0n) is 6.29. The van der Waals surface area contributed by atoms with Crippen molar-refractivity contribution >= 4 is 11.8 Å². The van der Waals surface area contributed by atoms with Gasteiger partial charge >= 0.3 is 5.97 Å². The molecule has 0 aromatic heterocycles. The van der Waals surface area contributed by atoms with E-state index < -0.39 is 5.97 Å². The predicted octanol–water partition coefficient (Wildman–Crippen LogP) is -0.517. The molecule has 11 heavy (non-hydrogen) atoms. The summed E-state index contributed by atoms with van der Waals surface area (Å²) >= 11 is 0. The van der Waals surface area contributed by atoms with Crippen LogP contribution in [0, 0.1) is 0 Å². The number of oxime groups is 1. The molecule has 5 nitrogen and oxygen atoms in total. The van der Waals surface area contributed by atoms with Gasteiger partial charge in [0.1, 0.15) is 6.61 Å². The number of rotatable bonds is 1. The molecule has 1 fully saturated rings. The maximum absolute atomic E-state index is 10.3. The van der Waals surface area contributed by atoms with Gasteiger partial charge in [0, 0.05) is 13.5 Å². The number of hydrogen-bond acceptors (Lipinski definition) is 4. The van der Waals surface area contributed by atoms with Crippen molar-refractivity contribution in [3.63, 3.8) is 0 Å². The molecule has 0 spiro atoms. The van der Waals surface area contributed by atoms with Gasteiger partial charge in [-0.3, -0.25) is 0 Å². The molecule has 0 aliphatic carbocycles. The highest BCUT2D eigenvalue weighted by Gasteiger charge is 2.05. The van der Waals surface area contributed by atoms with Crippen molar-refractivity contribution in [2.75, 3.05) is 19.8 Å². The Labute approximate surface area is 64.3 Å². The molecule has 1 aliphatic heterocycles. The maximum atomic E-state index is 10.3. The molecule has 5 heteroatoms. The van der Waals surface area contributed by atoms with Gasteiger partial charge in [-0.2, -0.15) is 0 Å². The van der Waals surface area contributed by atoms with Crippen LogP contribution < -0.4 is 5.32 Å². The first-order chi connectivity index (χ1) is 5.29. The van der Waals surface area contributed by atoms with Crippen LogP contribution in [-0.4, -0.2) is 31.6 Å². The highest BCUT2D eigenvalue weighted by molar-refractivity contribution is 5.84. The quantitative estimate of drug-likeness (QED) is 0.412. The van der Waals surface area contributed by atoms with Crippen molar-refractivity contribution < 1.29 is 14.4 Å². The van der Waals surface area contributed by atoms with Crippen molar-refractivity contribution in [2.24, 2.45) is 5.16 Å². The molecule has 0 amide bonds. The molecule has 0 atom stereocenters. The van der Waals surface area contributed by atoms with Crippen LogP contribution in [-0.2, 0) is 14.4 Å². The number of nitrogens with zero attached hydrogens (tertiary/aromatic N) is 1. The molecule has 0 bridgehead atoms. The monoisotopic (exact) mass is 158 g/mol. The number of hydrogen-bond donors (Lipinski definition) is 1. The fourth-order valence-corrected chi connectivity index (χ4v) is 0.665. The summed E-state index contributed by atoms with van der Waals surface area (Å²) in [5, 5.41) is 6.44. The molecule has 1 saturated heterocycles. The first kappa shape index (κ1) is 8.00. The number of amidine groups is 1. The van der Waals surface area contributed by atoms with Crippen molar-refractivity contribution in [3.8, 4) is 0 Å². The normalized spacial score (nSPS) is 21.0. The minimum Gasteiger partial charge on any atom is -0.372 e. The number of carbonyl (C=O) groups excluding carboxylic acids is 1. The predicted molar refractivity (Wildman–Crippen MR) is 38.0 cm³/mol. The zero-order valence-corrected chi connectivity index (χ0v) is 6.29. The first-order valence-electron chi connectivity index (χ1n) is 3.35. The lowest BCUT2D eigenvalue weighted by Gasteiger charge is -2.14. The third-order valence-corrected chi connectivity index (χ3v) is 1.10. The van der Waals surface area contributed by atoms with Gasteiger partial charge in [-0.05, 0) is 0 Å². The Morgan fingerprint density at radius 3 is 3.18 bits per heavy atom. The van der Waals surface area contributed by atoms with Gasteiger partial charge in [-0.15, -0.1) is 0 Å². The van der Waals surface area contributed by atoms with Crippen LogP contribution in [0.3, 0.4) is 0 Å². The number of carbonyl (C=O) groups is 1. The van der Waals surface area contributed by atoms with E-state index in [4.69, 9.17) is 4.74 Å². The lowest BCUT2D eigenvalue weighted by Crippen LogP contribution is -2.37. The summed E-state index contributed by atoms with van der Waals surface area (Å²) < 4.78 is 5.03. The average molecular weight is 158 g/mol. The topological polar surface area (TPSA) is 59.9 Å². The summed E-state index contributed by atoms with van der Waals surface area (Å²) in [6.45, 7) is 3.06. The zero-order chi connectivity index (χ0) is 8.10. The highest BCUT2D eigenvalue weighted by Crippen LogP contribution is 1.87. The van der Waals surface area contributed by atoms with Crippen LogP contribution in [0.5, 0.6) is 0 Å². The molecular formula is C6H10N2O3. The van der Waals surface area contributed by atoms with Crippen LogP contribution in [0.15, 0.2) is 5.16 Å². The standard InChI is InChI=1S/C6H10N2O3/c1-5(9)11-8-6-4-10-3-2-7-6/h2-4H2,1H3,(H,7,8). The van der Waals surface area contributed by atoms with Gasteiger partial charge in [-0.25, -0.2) is 4.79 Å². The third kappa shape index (κ3) is 2.99. The second kappa shape index (κ2) is 3.92. The van der Waals surface area contributed by atoms with E-state index >= 15 is 0 Å². The van der Waals surface area contributed by atoms with Crippen LogP contribution in [0.1, 0.15) is 6.92 Å². The summed E-state index contributed by atoms with van der Waals surface area (Å²) in [5.41, 5.74) is 0. The fourth-order valence-electron chi connectivity index (χ4n) is 0.665. The van der Waals surface area contributed by atoms with E-state index in [1.165, 1.54) is 6.92 Å². The van der Waals surface area contributed by atoms with Crippen LogP contribution in [0.2, 0.25) is 0 Å². The van der Waals surface area contributed by atoms with E-state index in [1.807, 2.05) is 0 Å². The molecule has 1 heterocycles. The number of nitrogens with one attached hydrogen (secondary N) is 1. The molecule has 1 N–H and O–H groups in total. The smallest absolute Gasteiger partial charge is 0.332 e. The van der Waals surface area contributed by atoms with Crippen LogP contribution in [0.4, 0.5) is 0 Å². The minimum absolute atomic E-state index is 0.382. The molecular weight excluding hydrogens is 148 g/mol. The van der Waals surface area contributed by atoms with Gasteiger partial charge in [0.05, 0.1) is 6.61 Å². The van der Waals surface area contributed by atoms with E-state index in [2.05, 4.69) is 15.3 Å². The van der Waals surface area contributed by atoms with E-state index in [0.717, 1.165) is 0 Å². The average Bonchev–Trinajstić information content (AvgIpc) is 2.03. The van der Waals surface area contributed by atoms with Crippen LogP contribution >= 0.6 is 0 Å². The Balaban J connectivity index is 2.32. The van der Waals surface area contributed by atoms with Gasteiger partial charge in [0.25, 0.3) is 0 Å². The highest BCUT2D eigenvalue weighted by atomic mass is 16.7. The van der Waals surface area contributed by atoms with E-state index in [0.29, 0.717) is 25.6 Å². The second-order valence-corrected chi connectivity index (χ2v) is 2.10. The molecule has 0 radical (unpaired) electrons. The molecule has 0 aromatic carbocycles. The van der Waals surface area contributed by atoms with Gasteiger partial charge in [0.15, 0.2) is 5.84 Å². The van der Waals surface area contributed by atoms with Crippen molar-refractivity contribution in [1.82, 2.24) is 5.32 Å². The molecule has 0 saturated carbocycles.